The summed E-state index contributed by atoms with van der Waals surface area (Å²) in [5.41, 5.74) is 6.12. The highest BCUT2D eigenvalue weighted by atomic mass is 35.5. The molecule has 5 rings (SSSR count). The Hall–Kier alpha value is -3.44. The topological polar surface area (TPSA) is 40.8 Å². The number of benzene rings is 3. The van der Waals surface area contributed by atoms with E-state index in [1.54, 1.807) is 28.4 Å². The van der Waals surface area contributed by atoms with Gasteiger partial charge in [0.2, 0.25) is 6.04 Å². The van der Waals surface area contributed by atoms with Crippen molar-refractivity contribution in [1.29, 1.82) is 0 Å². The lowest BCUT2D eigenvalue weighted by atomic mass is 9.86. The number of aryl methyl sites for hydroxylation is 1. The summed E-state index contributed by atoms with van der Waals surface area (Å²) >= 11 is 0. The van der Waals surface area contributed by atoms with Crippen LogP contribution in [0.3, 0.4) is 0 Å². The van der Waals surface area contributed by atoms with Crippen molar-refractivity contribution in [1.82, 2.24) is 0 Å². The fourth-order valence-electron chi connectivity index (χ4n) is 4.86. The van der Waals surface area contributed by atoms with Gasteiger partial charge in [-0.3, -0.25) is 0 Å². The van der Waals surface area contributed by atoms with Crippen molar-refractivity contribution < 1.29 is 35.9 Å². The van der Waals surface area contributed by atoms with E-state index in [9.17, 15) is 0 Å². The number of halogens is 1. The minimum absolute atomic E-state index is 0. The number of ether oxygens (including phenoxy) is 4. The van der Waals surface area contributed by atoms with E-state index in [2.05, 4.69) is 66.2 Å². The maximum atomic E-state index is 5.65. The number of hydrogen-bond donors (Lipinski definition) is 0. The second-order valence-corrected chi connectivity index (χ2v) is 8.36. The van der Waals surface area contributed by atoms with Gasteiger partial charge < -0.3 is 31.4 Å². The molecule has 3 aromatic carbocycles. The second kappa shape index (κ2) is 9.43. The molecule has 1 aliphatic rings. The van der Waals surface area contributed by atoms with Gasteiger partial charge in [-0.05, 0) is 42.1 Å². The Morgan fingerprint density at radius 3 is 1.97 bits per heavy atom. The van der Waals surface area contributed by atoms with Crippen molar-refractivity contribution in [3.8, 4) is 23.0 Å². The van der Waals surface area contributed by atoms with Crippen LogP contribution < -0.4 is 35.9 Å². The summed E-state index contributed by atoms with van der Waals surface area (Å²) in [6.07, 6.45) is 2.94. The third-order valence-electron chi connectivity index (χ3n) is 6.56. The average Bonchev–Trinajstić information content (AvgIpc) is 2.86. The van der Waals surface area contributed by atoms with Crippen LogP contribution in [0.4, 0.5) is 0 Å². The molecule has 0 saturated heterocycles. The zero-order valence-electron chi connectivity index (χ0n) is 20.0. The fraction of sp³-hybridized carbons (Fsp3) is 0.250. The number of aromatic nitrogens is 1. The van der Waals surface area contributed by atoms with Crippen LogP contribution in [0.15, 0.2) is 60.8 Å². The Morgan fingerprint density at radius 2 is 1.32 bits per heavy atom. The van der Waals surface area contributed by atoms with Gasteiger partial charge in [-0.1, -0.05) is 29.8 Å². The third-order valence-corrected chi connectivity index (χ3v) is 6.56. The highest BCUT2D eigenvalue weighted by Crippen LogP contribution is 2.41. The molecule has 4 aromatic rings. The predicted molar refractivity (Wildman–Crippen MR) is 128 cm³/mol. The van der Waals surface area contributed by atoms with Crippen molar-refractivity contribution in [2.75, 3.05) is 28.4 Å². The lowest BCUT2D eigenvalue weighted by Crippen LogP contribution is -3.00. The molecule has 0 aliphatic carbocycles. The van der Waals surface area contributed by atoms with Crippen molar-refractivity contribution in [3.63, 3.8) is 0 Å². The lowest BCUT2D eigenvalue weighted by Gasteiger charge is -2.26. The molecule has 34 heavy (non-hydrogen) atoms. The molecule has 176 valence electrons. The smallest absolute Gasteiger partial charge is 0.209 e. The van der Waals surface area contributed by atoms with Crippen LogP contribution in [0.25, 0.3) is 10.8 Å². The van der Waals surface area contributed by atoms with Gasteiger partial charge in [0.25, 0.3) is 0 Å². The number of rotatable bonds is 5. The molecule has 0 spiro atoms. The van der Waals surface area contributed by atoms with Crippen molar-refractivity contribution in [2.24, 2.45) is 0 Å². The van der Waals surface area contributed by atoms with Crippen LogP contribution in [0.5, 0.6) is 23.0 Å². The first-order chi connectivity index (χ1) is 16.1. The molecule has 0 saturated carbocycles. The highest BCUT2D eigenvalue weighted by Gasteiger charge is 2.36. The van der Waals surface area contributed by atoms with Crippen LogP contribution in [0.1, 0.15) is 34.0 Å². The fourth-order valence-corrected chi connectivity index (χ4v) is 4.86. The average molecular weight is 478 g/mol. The standard InChI is InChI=1S/C28H28NO4.ClH/c1-17-6-8-18(9-7-17)28-22-16-27(33-5)25(31-3)14-20(22)12-23-21-15-26(32-4)24(30-2)13-19(21)10-11-29(23)28;/h6-11,13-16,28H,12H2,1-5H3;1H/q+1;/p-1. The van der Waals surface area contributed by atoms with Crippen LogP contribution in [-0.4, -0.2) is 28.4 Å². The van der Waals surface area contributed by atoms with Crippen LogP contribution >= 0.6 is 0 Å². The highest BCUT2D eigenvalue weighted by molar-refractivity contribution is 5.87. The molecule has 6 heteroatoms. The Kier molecular flexibility index (Phi) is 6.58. The molecule has 2 heterocycles. The second-order valence-electron chi connectivity index (χ2n) is 8.36. The number of methoxy groups -OCH3 is 4. The van der Waals surface area contributed by atoms with Gasteiger partial charge in [-0.25, -0.2) is 0 Å². The Balaban J connectivity index is 0.00000274. The zero-order chi connectivity index (χ0) is 23.1. The summed E-state index contributed by atoms with van der Waals surface area (Å²) in [6.45, 7) is 2.11. The largest absolute Gasteiger partial charge is 1.00 e. The summed E-state index contributed by atoms with van der Waals surface area (Å²) in [6, 6.07) is 19.3. The van der Waals surface area contributed by atoms with Crippen LogP contribution in [-0.2, 0) is 6.42 Å². The summed E-state index contributed by atoms with van der Waals surface area (Å²) in [4.78, 5) is 0. The molecule has 0 N–H and O–H groups in total. The van der Waals surface area contributed by atoms with E-state index in [0.29, 0.717) is 0 Å². The molecule has 0 radical (unpaired) electrons. The molecular weight excluding hydrogens is 450 g/mol. The van der Waals surface area contributed by atoms with Crippen molar-refractivity contribution >= 4 is 10.8 Å². The Bertz CT molecular complexity index is 1350. The molecule has 1 atom stereocenters. The predicted octanol–water partition coefficient (Wildman–Crippen LogP) is 2.02. The van der Waals surface area contributed by atoms with Gasteiger partial charge in [0.1, 0.15) is 0 Å². The van der Waals surface area contributed by atoms with Gasteiger partial charge in [-0.15, -0.1) is 0 Å². The third kappa shape index (κ3) is 3.80. The summed E-state index contributed by atoms with van der Waals surface area (Å²) < 4.78 is 24.8. The maximum absolute atomic E-state index is 5.65. The molecular formula is C28H28ClNO4. The number of nitrogens with zero attached hydrogens (tertiary/aromatic N) is 1. The van der Waals surface area contributed by atoms with E-state index in [1.165, 1.54) is 27.9 Å². The van der Waals surface area contributed by atoms with Crippen LogP contribution in [0, 0.1) is 6.92 Å². The molecule has 0 bridgehead atoms. The van der Waals surface area contributed by atoms with Gasteiger partial charge in [0.05, 0.1) is 40.2 Å². The first-order valence-corrected chi connectivity index (χ1v) is 11.0. The number of pyridine rings is 1. The first kappa shape index (κ1) is 23.7. The minimum Gasteiger partial charge on any atom is -1.00 e. The molecule has 1 unspecified atom stereocenters. The lowest BCUT2D eigenvalue weighted by molar-refractivity contribution is -0.712. The number of hydrogen-bond acceptors (Lipinski definition) is 4. The maximum Gasteiger partial charge on any atom is 0.209 e. The summed E-state index contributed by atoms with van der Waals surface area (Å²) in [7, 11) is 6.70. The van der Waals surface area contributed by atoms with Gasteiger partial charge in [0, 0.05) is 17.2 Å². The van der Waals surface area contributed by atoms with Gasteiger partial charge in [-0.2, -0.15) is 4.57 Å². The molecule has 0 fully saturated rings. The molecule has 1 aliphatic heterocycles. The molecule has 5 nitrogen and oxygen atoms in total. The van der Waals surface area contributed by atoms with Crippen LogP contribution in [0.2, 0.25) is 0 Å². The first-order valence-electron chi connectivity index (χ1n) is 11.0. The van der Waals surface area contributed by atoms with E-state index < -0.39 is 0 Å². The van der Waals surface area contributed by atoms with E-state index in [4.69, 9.17) is 18.9 Å². The SMILES string of the molecule is COc1cc2c(cc1OC)C(c1ccc(C)cc1)[n+]1ccc3cc(OC)c(OC)cc3c1C2.[Cl-]. The number of fused-ring (bicyclic) bond motifs is 4. The van der Waals surface area contributed by atoms with E-state index in [-0.39, 0.29) is 18.4 Å². The minimum atomic E-state index is 0. The molecule has 1 aromatic heterocycles. The quantitative estimate of drug-likeness (QED) is 0.363. The van der Waals surface area contributed by atoms with Gasteiger partial charge >= 0.3 is 0 Å². The van der Waals surface area contributed by atoms with E-state index in [0.717, 1.165) is 40.2 Å². The normalized spacial score (nSPS) is 14.0. The van der Waals surface area contributed by atoms with Gasteiger partial charge in [0.15, 0.2) is 34.9 Å². The molecule has 0 amide bonds. The van der Waals surface area contributed by atoms with Crippen molar-refractivity contribution in [3.05, 3.63) is 88.7 Å². The van der Waals surface area contributed by atoms with Crippen molar-refractivity contribution in [2.45, 2.75) is 19.4 Å². The summed E-state index contributed by atoms with van der Waals surface area (Å²) in [5, 5.41) is 2.26. The Morgan fingerprint density at radius 1 is 0.735 bits per heavy atom. The van der Waals surface area contributed by atoms with E-state index >= 15 is 0 Å². The monoisotopic (exact) mass is 477 g/mol. The summed E-state index contributed by atoms with van der Waals surface area (Å²) in [5.74, 6) is 2.94. The Labute approximate surface area is 206 Å². The zero-order valence-corrected chi connectivity index (χ0v) is 20.8. The van der Waals surface area contributed by atoms with E-state index in [1.807, 2.05) is 6.07 Å².